The van der Waals surface area contributed by atoms with Crippen molar-refractivity contribution in [1.82, 2.24) is 20.1 Å². The maximum Gasteiger partial charge on any atom is 0.314 e. The molecule has 156 valence electrons. The van der Waals surface area contributed by atoms with Crippen molar-refractivity contribution in [1.29, 1.82) is 0 Å². The largest absolute Gasteiger partial charge is 0.383 e. The standard InChI is InChI=1S/C22H19ClN6O2/c23-17-9-5-4-8-15(17)13-29(12-14-6-2-1-3-7-14)22(31)21(30)27-18-11-25-20(24)16-10-26-28-19(16)18/h1-11H,12-13H2,(H2,24,25)(H,26,28)(H,27,30). The average Bonchev–Trinajstić information content (AvgIpc) is 3.28. The Morgan fingerprint density at radius 2 is 1.77 bits per heavy atom. The number of nitrogens with zero attached hydrogens (tertiary/aromatic N) is 3. The van der Waals surface area contributed by atoms with Gasteiger partial charge in [0, 0.05) is 18.1 Å². The minimum Gasteiger partial charge on any atom is -0.383 e. The van der Waals surface area contributed by atoms with Crippen LogP contribution in [-0.4, -0.2) is 31.9 Å². The number of H-pyrrole nitrogens is 1. The van der Waals surface area contributed by atoms with Crippen LogP contribution >= 0.6 is 11.6 Å². The van der Waals surface area contributed by atoms with Gasteiger partial charge >= 0.3 is 11.8 Å². The summed E-state index contributed by atoms with van der Waals surface area (Å²) in [6, 6.07) is 16.6. The molecule has 0 aliphatic rings. The lowest BCUT2D eigenvalue weighted by molar-refractivity contribution is -0.144. The normalized spacial score (nSPS) is 10.7. The molecule has 8 nitrogen and oxygen atoms in total. The van der Waals surface area contributed by atoms with Gasteiger partial charge in [0.15, 0.2) is 0 Å². The molecule has 0 aliphatic heterocycles. The molecule has 0 atom stereocenters. The molecule has 31 heavy (non-hydrogen) atoms. The van der Waals surface area contributed by atoms with Gasteiger partial charge in [-0.05, 0) is 17.2 Å². The lowest BCUT2D eigenvalue weighted by Gasteiger charge is -2.23. The van der Waals surface area contributed by atoms with Gasteiger partial charge in [0.2, 0.25) is 0 Å². The van der Waals surface area contributed by atoms with Gasteiger partial charge in [-0.1, -0.05) is 60.1 Å². The molecule has 2 amide bonds. The Labute approximate surface area is 183 Å². The maximum absolute atomic E-state index is 13.1. The van der Waals surface area contributed by atoms with Crippen LogP contribution in [0, 0.1) is 0 Å². The van der Waals surface area contributed by atoms with Crippen molar-refractivity contribution in [2.75, 3.05) is 11.1 Å². The summed E-state index contributed by atoms with van der Waals surface area (Å²) < 4.78 is 0. The molecular weight excluding hydrogens is 416 g/mol. The van der Waals surface area contributed by atoms with E-state index in [9.17, 15) is 9.59 Å². The zero-order chi connectivity index (χ0) is 21.8. The Morgan fingerprint density at radius 3 is 2.55 bits per heavy atom. The summed E-state index contributed by atoms with van der Waals surface area (Å²) in [4.78, 5) is 31.4. The van der Waals surface area contributed by atoms with E-state index in [1.165, 1.54) is 17.3 Å². The van der Waals surface area contributed by atoms with E-state index in [4.69, 9.17) is 17.3 Å². The SMILES string of the molecule is Nc1ncc(NC(=O)C(=O)N(Cc2ccccc2)Cc2ccccc2Cl)c2[nH]ncc12. The summed E-state index contributed by atoms with van der Waals surface area (Å²) in [6.07, 6.45) is 2.89. The van der Waals surface area contributed by atoms with E-state index < -0.39 is 11.8 Å². The second-order valence-corrected chi connectivity index (χ2v) is 7.32. The number of pyridine rings is 1. The maximum atomic E-state index is 13.1. The minimum absolute atomic E-state index is 0.181. The molecule has 0 spiro atoms. The number of nitrogens with one attached hydrogen (secondary N) is 2. The predicted octanol–water partition coefficient (Wildman–Crippen LogP) is 3.36. The van der Waals surface area contributed by atoms with Crippen molar-refractivity contribution in [2.24, 2.45) is 0 Å². The van der Waals surface area contributed by atoms with Crippen LogP contribution in [-0.2, 0) is 22.7 Å². The van der Waals surface area contributed by atoms with Gasteiger partial charge in [-0.3, -0.25) is 14.7 Å². The highest BCUT2D eigenvalue weighted by atomic mass is 35.5. The summed E-state index contributed by atoms with van der Waals surface area (Å²) >= 11 is 6.28. The average molecular weight is 435 g/mol. The topological polar surface area (TPSA) is 117 Å². The fourth-order valence-electron chi connectivity index (χ4n) is 3.20. The molecule has 2 aromatic heterocycles. The molecule has 0 aliphatic carbocycles. The Bertz CT molecular complexity index is 1240. The van der Waals surface area contributed by atoms with E-state index >= 15 is 0 Å². The van der Waals surface area contributed by atoms with Crippen molar-refractivity contribution in [3.63, 3.8) is 0 Å². The van der Waals surface area contributed by atoms with E-state index in [0.717, 1.165) is 11.1 Å². The first-order valence-corrected chi connectivity index (χ1v) is 9.86. The molecule has 0 radical (unpaired) electrons. The van der Waals surface area contributed by atoms with Crippen molar-refractivity contribution in [3.05, 3.63) is 83.1 Å². The third-order valence-electron chi connectivity index (χ3n) is 4.78. The quantitative estimate of drug-likeness (QED) is 0.416. The van der Waals surface area contributed by atoms with Crippen molar-refractivity contribution in [3.8, 4) is 0 Å². The molecule has 0 bridgehead atoms. The summed E-state index contributed by atoms with van der Waals surface area (Å²) in [6.45, 7) is 0.429. The van der Waals surface area contributed by atoms with Gasteiger partial charge in [-0.25, -0.2) is 4.98 Å². The van der Waals surface area contributed by atoms with E-state index in [0.29, 0.717) is 21.6 Å². The van der Waals surface area contributed by atoms with Crippen LogP contribution in [0.15, 0.2) is 67.0 Å². The number of halogens is 1. The summed E-state index contributed by atoms with van der Waals surface area (Å²) in [5, 5.41) is 10.4. The number of carbonyl (C=O) groups excluding carboxylic acids is 2. The molecular formula is C22H19ClN6O2. The van der Waals surface area contributed by atoms with E-state index in [1.807, 2.05) is 48.5 Å². The van der Waals surface area contributed by atoms with Gasteiger partial charge in [0.05, 0.1) is 29.0 Å². The first-order valence-electron chi connectivity index (χ1n) is 9.48. The number of nitrogen functional groups attached to an aromatic ring is 1. The summed E-state index contributed by atoms with van der Waals surface area (Å²) in [7, 11) is 0. The third kappa shape index (κ3) is 4.49. The first-order chi connectivity index (χ1) is 15.0. The summed E-state index contributed by atoms with van der Waals surface area (Å²) in [5.41, 5.74) is 8.27. The lowest BCUT2D eigenvalue weighted by Crippen LogP contribution is -2.39. The number of nitrogens with two attached hydrogens (primary N) is 1. The zero-order valence-corrected chi connectivity index (χ0v) is 17.1. The van der Waals surface area contributed by atoms with Crippen LogP contribution in [0.3, 0.4) is 0 Å². The first kappa shape index (κ1) is 20.4. The molecule has 4 rings (SSSR count). The Hall–Kier alpha value is -3.91. The minimum atomic E-state index is -0.801. The number of aromatic nitrogens is 3. The van der Waals surface area contributed by atoms with E-state index in [2.05, 4.69) is 20.5 Å². The van der Waals surface area contributed by atoms with Crippen molar-refractivity contribution in [2.45, 2.75) is 13.1 Å². The van der Waals surface area contributed by atoms with Gasteiger partial charge in [0.25, 0.3) is 0 Å². The van der Waals surface area contributed by atoms with Crippen LogP contribution in [0.1, 0.15) is 11.1 Å². The van der Waals surface area contributed by atoms with Crippen molar-refractivity contribution < 1.29 is 9.59 Å². The highest BCUT2D eigenvalue weighted by Crippen LogP contribution is 2.24. The summed E-state index contributed by atoms with van der Waals surface area (Å²) in [5.74, 6) is -1.23. The Morgan fingerprint density at radius 1 is 1.03 bits per heavy atom. The number of hydrogen-bond donors (Lipinski definition) is 3. The molecule has 9 heteroatoms. The highest BCUT2D eigenvalue weighted by molar-refractivity contribution is 6.40. The monoisotopic (exact) mass is 434 g/mol. The highest BCUT2D eigenvalue weighted by Gasteiger charge is 2.24. The fourth-order valence-corrected chi connectivity index (χ4v) is 3.40. The van der Waals surface area contributed by atoms with Gasteiger partial charge in [-0.15, -0.1) is 0 Å². The lowest BCUT2D eigenvalue weighted by atomic mass is 10.1. The third-order valence-corrected chi connectivity index (χ3v) is 5.15. The van der Waals surface area contributed by atoms with Crippen LogP contribution in [0.2, 0.25) is 5.02 Å². The molecule has 2 aromatic carbocycles. The molecule has 0 saturated heterocycles. The van der Waals surface area contributed by atoms with Crippen LogP contribution < -0.4 is 11.1 Å². The number of carbonyl (C=O) groups is 2. The number of rotatable bonds is 5. The molecule has 2 heterocycles. The van der Waals surface area contributed by atoms with Crippen LogP contribution in [0.4, 0.5) is 11.5 Å². The van der Waals surface area contributed by atoms with Crippen molar-refractivity contribution >= 4 is 45.8 Å². The molecule has 4 N–H and O–H groups in total. The fraction of sp³-hybridized carbons (Fsp3) is 0.0909. The number of anilines is 2. The number of benzene rings is 2. The van der Waals surface area contributed by atoms with Gasteiger partial charge in [0.1, 0.15) is 5.82 Å². The second-order valence-electron chi connectivity index (χ2n) is 6.91. The Kier molecular flexibility index (Phi) is 5.81. The second kappa shape index (κ2) is 8.85. The smallest absolute Gasteiger partial charge is 0.314 e. The molecule has 4 aromatic rings. The van der Waals surface area contributed by atoms with Gasteiger partial charge in [-0.2, -0.15) is 5.10 Å². The predicted molar refractivity (Wildman–Crippen MR) is 119 cm³/mol. The molecule has 0 unspecified atom stereocenters. The van der Waals surface area contributed by atoms with E-state index in [-0.39, 0.29) is 18.9 Å². The van der Waals surface area contributed by atoms with Gasteiger partial charge < -0.3 is 16.0 Å². The van der Waals surface area contributed by atoms with Crippen LogP contribution in [0.25, 0.3) is 10.9 Å². The molecule has 0 fully saturated rings. The van der Waals surface area contributed by atoms with E-state index in [1.54, 1.807) is 6.07 Å². The Balaban J connectivity index is 1.59. The molecule has 0 saturated carbocycles. The zero-order valence-electron chi connectivity index (χ0n) is 16.4. The number of hydrogen-bond acceptors (Lipinski definition) is 5. The number of amides is 2. The van der Waals surface area contributed by atoms with Crippen LogP contribution in [0.5, 0.6) is 0 Å². The number of aromatic amines is 1. The number of fused-ring (bicyclic) bond motifs is 1.